The van der Waals surface area contributed by atoms with Gasteiger partial charge in [0.2, 0.25) is 0 Å². The number of nitrogens with zero attached hydrogens (tertiary/aromatic N) is 1. The SMILES string of the molecule is C=CCn1ccc(=C)/c1=C(Br)\C=C/C. The Balaban J connectivity index is 3.44. The molecule has 0 unspecified atom stereocenters. The zero-order valence-electron chi connectivity index (χ0n) is 8.33. The van der Waals surface area contributed by atoms with Gasteiger partial charge in [-0.25, -0.2) is 0 Å². The molecule has 1 heterocycles. The lowest BCUT2D eigenvalue weighted by molar-refractivity contribution is 0.801. The Hall–Kier alpha value is -1.02. The Bertz CT molecular complexity index is 451. The van der Waals surface area contributed by atoms with Crippen LogP contribution in [0.2, 0.25) is 0 Å². The van der Waals surface area contributed by atoms with Gasteiger partial charge in [0.25, 0.3) is 0 Å². The predicted molar refractivity (Wildman–Crippen MR) is 66.6 cm³/mol. The molecule has 0 spiro atoms. The van der Waals surface area contributed by atoms with Gasteiger partial charge in [-0.15, -0.1) is 6.58 Å². The fraction of sp³-hybridized carbons (Fsp3) is 0.167. The first kappa shape index (κ1) is 11.1. The van der Waals surface area contributed by atoms with Gasteiger partial charge in [-0.3, -0.25) is 0 Å². The van der Waals surface area contributed by atoms with E-state index in [0.717, 1.165) is 21.6 Å². The van der Waals surface area contributed by atoms with Gasteiger partial charge in [0.15, 0.2) is 0 Å². The first-order valence-corrected chi connectivity index (χ1v) is 5.27. The van der Waals surface area contributed by atoms with E-state index in [0.29, 0.717) is 0 Å². The molecule has 0 aliphatic carbocycles. The number of hydrogen-bond donors (Lipinski definition) is 0. The maximum absolute atomic E-state index is 3.99. The van der Waals surface area contributed by atoms with Crippen molar-refractivity contribution in [3.8, 4) is 0 Å². The van der Waals surface area contributed by atoms with Gasteiger partial charge in [0.05, 0.1) is 5.35 Å². The summed E-state index contributed by atoms with van der Waals surface area (Å²) >= 11 is 3.53. The Morgan fingerprint density at radius 3 is 2.93 bits per heavy atom. The maximum Gasteiger partial charge on any atom is 0.0621 e. The summed E-state index contributed by atoms with van der Waals surface area (Å²) in [4.78, 5) is 0. The second kappa shape index (κ2) is 5.01. The summed E-state index contributed by atoms with van der Waals surface area (Å²) in [7, 11) is 0. The van der Waals surface area contributed by atoms with Gasteiger partial charge in [0.1, 0.15) is 0 Å². The molecule has 0 atom stereocenters. The van der Waals surface area contributed by atoms with E-state index in [2.05, 4.69) is 33.7 Å². The average Bonchev–Trinajstić information content (AvgIpc) is 2.48. The van der Waals surface area contributed by atoms with Crippen molar-refractivity contribution >= 4 is 27.0 Å². The summed E-state index contributed by atoms with van der Waals surface area (Å²) in [5.74, 6) is 0. The highest BCUT2D eigenvalue weighted by atomic mass is 79.9. The van der Waals surface area contributed by atoms with Gasteiger partial charge in [0, 0.05) is 17.2 Å². The van der Waals surface area contributed by atoms with E-state index in [1.54, 1.807) is 0 Å². The topological polar surface area (TPSA) is 4.93 Å². The van der Waals surface area contributed by atoms with Crippen molar-refractivity contribution in [2.75, 3.05) is 0 Å². The Labute approximate surface area is 92.9 Å². The minimum Gasteiger partial charge on any atom is -0.343 e. The van der Waals surface area contributed by atoms with Crippen molar-refractivity contribution in [1.82, 2.24) is 4.57 Å². The molecule has 0 bridgehead atoms. The molecule has 0 fully saturated rings. The number of aromatic nitrogens is 1. The van der Waals surface area contributed by atoms with Crippen LogP contribution in [-0.4, -0.2) is 4.57 Å². The quantitative estimate of drug-likeness (QED) is 0.726. The summed E-state index contributed by atoms with van der Waals surface area (Å²) in [6.45, 7) is 10.5. The average molecular weight is 252 g/mol. The monoisotopic (exact) mass is 251 g/mol. The largest absolute Gasteiger partial charge is 0.343 e. The maximum atomic E-state index is 3.99. The molecule has 0 radical (unpaired) electrons. The Morgan fingerprint density at radius 1 is 1.64 bits per heavy atom. The van der Waals surface area contributed by atoms with Crippen LogP contribution in [0, 0.1) is 0 Å². The van der Waals surface area contributed by atoms with Gasteiger partial charge >= 0.3 is 0 Å². The van der Waals surface area contributed by atoms with Crippen LogP contribution in [0.3, 0.4) is 0 Å². The number of allylic oxidation sites excluding steroid dienone is 3. The van der Waals surface area contributed by atoms with Crippen LogP contribution in [0.5, 0.6) is 0 Å². The smallest absolute Gasteiger partial charge is 0.0621 e. The van der Waals surface area contributed by atoms with Crippen molar-refractivity contribution in [3.05, 3.63) is 47.6 Å². The van der Waals surface area contributed by atoms with E-state index in [4.69, 9.17) is 0 Å². The minimum atomic E-state index is 0.803. The highest BCUT2D eigenvalue weighted by Crippen LogP contribution is 2.04. The normalized spacial score (nSPS) is 13.3. The molecule has 2 heteroatoms. The van der Waals surface area contributed by atoms with E-state index >= 15 is 0 Å². The fourth-order valence-corrected chi connectivity index (χ4v) is 2.07. The van der Waals surface area contributed by atoms with Gasteiger partial charge < -0.3 is 4.57 Å². The third-order valence-corrected chi connectivity index (χ3v) is 2.55. The van der Waals surface area contributed by atoms with Crippen LogP contribution in [0.25, 0.3) is 11.1 Å². The molecular formula is C12H14BrN. The zero-order valence-corrected chi connectivity index (χ0v) is 9.92. The van der Waals surface area contributed by atoms with Crippen LogP contribution >= 0.6 is 15.9 Å². The molecule has 1 nitrogen and oxygen atoms in total. The molecule has 0 aliphatic rings. The summed E-state index contributed by atoms with van der Waals surface area (Å²) < 4.78 is 3.16. The van der Waals surface area contributed by atoms with Crippen molar-refractivity contribution < 1.29 is 0 Å². The number of hydrogen-bond acceptors (Lipinski definition) is 0. The molecule has 0 saturated heterocycles. The van der Waals surface area contributed by atoms with Crippen molar-refractivity contribution in [1.29, 1.82) is 0 Å². The molecule has 1 rings (SSSR count). The van der Waals surface area contributed by atoms with E-state index in [1.165, 1.54) is 0 Å². The molecule has 1 aromatic heterocycles. The number of rotatable bonds is 3. The lowest BCUT2D eigenvalue weighted by Crippen LogP contribution is -2.28. The zero-order chi connectivity index (χ0) is 10.6. The van der Waals surface area contributed by atoms with Crippen LogP contribution in [0.1, 0.15) is 6.92 Å². The Morgan fingerprint density at radius 2 is 2.36 bits per heavy atom. The molecule has 14 heavy (non-hydrogen) atoms. The first-order valence-electron chi connectivity index (χ1n) is 4.48. The van der Waals surface area contributed by atoms with Crippen LogP contribution in [0.15, 0.2) is 37.1 Å². The lowest BCUT2D eigenvalue weighted by atomic mass is 10.4. The van der Waals surface area contributed by atoms with Crippen molar-refractivity contribution in [3.63, 3.8) is 0 Å². The minimum absolute atomic E-state index is 0.803. The van der Waals surface area contributed by atoms with Crippen LogP contribution in [-0.2, 0) is 6.54 Å². The van der Waals surface area contributed by atoms with Gasteiger partial charge in [-0.2, -0.15) is 0 Å². The van der Waals surface area contributed by atoms with E-state index in [9.17, 15) is 0 Å². The molecule has 0 aliphatic heterocycles. The summed E-state index contributed by atoms with van der Waals surface area (Å²) in [6.07, 6.45) is 7.90. The van der Waals surface area contributed by atoms with Gasteiger partial charge in [-0.1, -0.05) is 24.8 Å². The fourth-order valence-electron chi connectivity index (χ4n) is 1.32. The van der Waals surface area contributed by atoms with E-state index in [-0.39, 0.29) is 0 Å². The third-order valence-electron chi connectivity index (χ3n) is 1.91. The predicted octanol–water partition coefficient (Wildman–Crippen LogP) is 2.16. The molecule has 74 valence electrons. The van der Waals surface area contributed by atoms with Crippen LogP contribution in [0.4, 0.5) is 0 Å². The molecule has 0 amide bonds. The van der Waals surface area contributed by atoms with E-state index < -0.39 is 0 Å². The Kier molecular flexibility index (Phi) is 3.96. The third kappa shape index (κ3) is 2.26. The molecule has 1 aromatic rings. The van der Waals surface area contributed by atoms with Gasteiger partial charge in [-0.05, 0) is 34.1 Å². The van der Waals surface area contributed by atoms with Crippen molar-refractivity contribution in [2.45, 2.75) is 13.5 Å². The molecule has 0 aromatic carbocycles. The second-order valence-corrected chi connectivity index (χ2v) is 3.83. The van der Waals surface area contributed by atoms with Crippen molar-refractivity contribution in [2.24, 2.45) is 0 Å². The standard InChI is InChI=1S/C12H14BrN/c1-4-6-11(13)12-10(3)7-9-14(12)8-5-2/h4-7,9H,2-3,8H2,1H3/b6-4-,12-11-. The summed E-state index contributed by atoms with van der Waals surface area (Å²) in [5.41, 5.74) is 0. The van der Waals surface area contributed by atoms with Crippen LogP contribution < -0.4 is 10.6 Å². The molecule has 0 N–H and O–H groups in total. The molecular weight excluding hydrogens is 238 g/mol. The highest BCUT2D eigenvalue weighted by molar-refractivity contribution is 9.15. The second-order valence-electron chi connectivity index (χ2n) is 2.98. The number of halogens is 1. The summed E-state index contributed by atoms with van der Waals surface area (Å²) in [6, 6.07) is 2.00. The lowest BCUT2D eigenvalue weighted by Gasteiger charge is -1.99. The highest BCUT2D eigenvalue weighted by Gasteiger charge is 1.96. The first-order chi connectivity index (χ1) is 6.70. The molecule has 0 saturated carbocycles. The van der Waals surface area contributed by atoms with E-state index in [1.807, 2.05) is 37.4 Å². The summed E-state index contributed by atoms with van der Waals surface area (Å²) in [5, 5.41) is 2.14.